The molecule has 3 rings (SSSR count). The van der Waals surface area contributed by atoms with Crippen molar-refractivity contribution in [1.29, 1.82) is 0 Å². The fourth-order valence-electron chi connectivity index (χ4n) is 3.14. The van der Waals surface area contributed by atoms with Crippen molar-refractivity contribution in [1.82, 2.24) is 14.9 Å². The number of hydrogen-bond acceptors (Lipinski definition) is 6. The van der Waals surface area contributed by atoms with Gasteiger partial charge in [-0.25, -0.2) is 0 Å². The number of anilines is 1. The molecule has 3 aromatic rings. The molecule has 0 radical (unpaired) electrons. The maximum absolute atomic E-state index is 13.6. The number of nitrogens with one attached hydrogen (secondary N) is 1. The lowest BCUT2D eigenvalue weighted by Crippen LogP contribution is -2.49. The van der Waals surface area contributed by atoms with Crippen LogP contribution in [0.1, 0.15) is 59.9 Å². The van der Waals surface area contributed by atoms with Crippen molar-refractivity contribution in [2.24, 2.45) is 0 Å². The molecule has 2 heterocycles. The van der Waals surface area contributed by atoms with E-state index in [4.69, 9.17) is 4.42 Å². The summed E-state index contributed by atoms with van der Waals surface area (Å²) >= 11 is 1.09. The summed E-state index contributed by atoms with van der Waals surface area (Å²) in [5.74, 6) is 0.281. The molecule has 7 nitrogen and oxygen atoms in total. The highest BCUT2D eigenvalue weighted by atomic mass is 32.1. The summed E-state index contributed by atoms with van der Waals surface area (Å²) in [6.07, 6.45) is 0. The number of hydrogen-bond donors (Lipinski definition) is 1. The number of aryl methyl sites for hydroxylation is 3. The zero-order valence-electron chi connectivity index (χ0n) is 18.0. The van der Waals surface area contributed by atoms with Crippen molar-refractivity contribution < 1.29 is 14.0 Å². The van der Waals surface area contributed by atoms with Gasteiger partial charge in [0.15, 0.2) is 11.7 Å². The molecule has 0 spiro atoms. The quantitative estimate of drug-likeness (QED) is 0.655. The Hall–Kier alpha value is -3.00. The van der Waals surface area contributed by atoms with Gasteiger partial charge < -0.3 is 9.73 Å². The van der Waals surface area contributed by atoms with E-state index in [0.717, 1.165) is 22.7 Å². The summed E-state index contributed by atoms with van der Waals surface area (Å²) < 4.78 is 9.65. The first-order valence-corrected chi connectivity index (χ1v) is 10.5. The van der Waals surface area contributed by atoms with Crippen LogP contribution in [0.5, 0.6) is 0 Å². The summed E-state index contributed by atoms with van der Waals surface area (Å²) in [5, 5.41) is 8.51. The van der Waals surface area contributed by atoms with Crippen LogP contribution in [0.15, 0.2) is 40.1 Å². The minimum Gasteiger partial charge on any atom is -0.464 e. The molecule has 0 aliphatic heterocycles. The van der Waals surface area contributed by atoms with E-state index in [-0.39, 0.29) is 11.6 Å². The Morgan fingerprint density at radius 1 is 1.13 bits per heavy atom. The molecule has 0 fully saturated rings. The number of carbonyl (C=O) groups excluding carboxylic acids is 2. The average Bonchev–Trinajstić information content (AvgIpc) is 3.31. The van der Waals surface area contributed by atoms with Crippen molar-refractivity contribution in [3.8, 4) is 0 Å². The predicted molar refractivity (Wildman–Crippen MR) is 117 cm³/mol. The van der Waals surface area contributed by atoms with Gasteiger partial charge in [0.2, 0.25) is 0 Å². The number of rotatable bonds is 5. The van der Waals surface area contributed by atoms with Crippen LogP contribution in [-0.2, 0) is 4.79 Å². The zero-order chi connectivity index (χ0) is 22.1. The van der Waals surface area contributed by atoms with Gasteiger partial charge in [-0.1, -0.05) is 16.6 Å². The Morgan fingerprint density at radius 3 is 2.43 bits per heavy atom. The standard InChI is InChI=1S/C22H26N4O3S/c1-13-7-8-14(2)17(11-13)26(21(28)16-12-30-25-24-16)19(18-10-9-15(3)29-18)20(27)23-22(4,5)6/h7-12,19H,1-6H3,(H,23,27). The first-order chi connectivity index (χ1) is 14.1. The van der Waals surface area contributed by atoms with E-state index in [1.807, 2.05) is 52.8 Å². The minimum atomic E-state index is -1.01. The van der Waals surface area contributed by atoms with E-state index in [1.165, 1.54) is 4.90 Å². The summed E-state index contributed by atoms with van der Waals surface area (Å²) in [4.78, 5) is 28.5. The molecular formula is C22H26N4O3S. The average molecular weight is 427 g/mol. The van der Waals surface area contributed by atoms with E-state index in [1.54, 1.807) is 24.4 Å². The lowest BCUT2D eigenvalue weighted by atomic mass is 10.0. The van der Waals surface area contributed by atoms with E-state index in [0.29, 0.717) is 17.2 Å². The Kier molecular flexibility index (Phi) is 6.07. The number of carbonyl (C=O) groups is 2. The Morgan fingerprint density at radius 2 is 1.87 bits per heavy atom. The summed E-state index contributed by atoms with van der Waals surface area (Å²) in [6, 6.07) is 8.28. The molecule has 0 aliphatic carbocycles. The van der Waals surface area contributed by atoms with Crippen LogP contribution in [0.4, 0.5) is 5.69 Å². The third-order valence-electron chi connectivity index (χ3n) is 4.46. The maximum Gasteiger partial charge on any atom is 0.280 e. The molecule has 158 valence electrons. The van der Waals surface area contributed by atoms with Crippen LogP contribution < -0.4 is 10.2 Å². The molecule has 0 saturated heterocycles. The minimum absolute atomic E-state index is 0.178. The van der Waals surface area contributed by atoms with Crippen LogP contribution in [0.25, 0.3) is 0 Å². The second kappa shape index (κ2) is 8.39. The number of aromatic nitrogens is 2. The van der Waals surface area contributed by atoms with Crippen LogP contribution in [-0.4, -0.2) is 26.9 Å². The Bertz CT molecular complexity index is 1050. The molecule has 8 heteroatoms. The Labute approximate surface area is 180 Å². The van der Waals surface area contributed by atoms with Crippen LogP contribution in [0.3, 0.4) is 0 Å². The van der Waals surface area contributed by atoms with Gasteiger partial charge in [-0.15, -0.1) is 5.10 Å². The van der Waals surface area contributed by atoms with E-state index < -0.39 is 17.5 Å². The van der Waals surface area contributed by atoms with Crippen LogP contribution >= 0.6 is 11.5 Å². The third-order valence-corrected chi connectivity index (χ3v) is 4.96. The molecule has 0 saturated carbocycles. The van der Waals surface area contributed by atoms with Crippen LogP contribution in [0.2, 0.25) is 0 Å². The number of amides is 2. The second-order valence-corrected chi connectivity index (χ2v) is 8.96. The fourth-order valence-corrected chi connectivity index (χ4v) is 3.57. The largest absolute Gasteiger partial charge is 0.464 e. The highest BCUT2D eigenvalue weighted by Crippen LogP contribution is 2.33. The lowest BCUT2D eigenvalue weighted by molar-refractivity contribution is -0.124. The van der Waals surface area contributed by atoms with Crippen molar-refractivity contribution >= 4 is 29.0 Å². The smallest absolute Gasteiger partial charge is 0.280 e. The molecular weight excluding hydrogens is 400 g/mol. The molecule has 0 aliphatic rings. The Balaban J connectivity index is 2.21. The zero-order valence-corrected chi connectivity index (χ0v) is 18.8. The molecule has 30 heavy (non-hydrogen) atoms. The van der Waals surface area contributed by atoms with Gasteiger partial charge in [0.1, 0.15) is 11.5 Å². The van der Waals surface area contributed by atoms with Crippen molar-refractivity contribution in [2.45, 2.75) is 53.1 Å². The van der Waals surface area contributed by atoms with Gasteiger partial charge in [0.05, 0.1) is 0 Å². The summed E-state index contributed by atoms with van der Waals surface area (Å²) in [6.45, 7) is 11.3. The number of nitrogens with zero attached hydrogens (tertiary/aromatic N) is 3. The van der Waals surface area contributed by atoms with Gasteiger partial charge in [-0.2, -0.15) is 0 Å². The third kappa shape index (κ3) is 4.76. The maximum atomic E-state index is 13.6. The first-order valence-electron chi connectivity index (χ1n) is 9.63. The SMILES string of the molecule is Cc1ccc(C)c(N(C(=O)c2csnn2)C(C(=O)NC(C)(C)C)c2ccc(C)o2)c1. The van der Waals surface area contributed by atoms with Gasteiger partial charge >= 0.3 is 0 Å². The lowest BCUT2D eigenvalue weighted by Gasteiger charge is -2.33. The summed E-state index contributed by atoms with van der Waals surface area (Å²) in [7, 11) is 0. The van der Waals surface area contributed by atoms with Gasteiger partial charge in [0, 0.05) is 16.6 Å². The summed E-state index contributed by atoms with van der Waals surface area (Å²) in [5.41, 5.74) is 2.13. The van der Waals surface area contributed by atoms with Crippen molar-refractivity contribution in [3.63, 3.8) is 0 Å². The van der Waals surface area contributed by atoms with E-state index in [9.17, 15) is 9.59 Å². The highest BCUT2D eigenvalue weighted by Gasteiger charge is 2.38. The molecule has 2 aromatic heterocycles. The predicted octanol–water partition coefficient (Wildman–Crippen LogP) is 4.36. The van der Waals surface area contributed by atoms with Crippen molar-refractivity contribution in [3.05, 3.63) is 64.1 Å². The number of furan rings is 1. The molecule has 1 atom stereocenters. The molecule has 2 amide bonds. The van der Waals surface area contributed by atoms with Gasteiger partial charge in [0.25, 0.3) is 11.8 Å². The molecule has 0 bridgehead atoms. The topological polar surface area (TPSA) is 88.3 Å². The monoisotopic (exact) mass is 426 g/mol. The van der Waals surface area contributed by atoms with Crippen molar-refractivity contribution in [2.75, 3.05) is 4.90 Å². The van der Waals surface area contributed by atoms with E-state index in [2.05, 4.69) is 14.9 Å². The van der Waals surface area contributed by atoms with Crippen LogP contribution in [0, 0.1) is 20.8 Å². The number of benzene rings is 1. The normalized spacial score (nSPS) is 12.5. The highest BCUT2D eigenvalue weighted by molar-refractivity contribution is 7.03. The molecule has 1 N–H and O–H groups in total. The molecule has 1 aromatic carbocycles. The molecule has 1 unspecified atom stereocenters. The van der Waals surface area contributed by atoms with Gasteiger partial charge in [-0.05, 0) is 82.4 Å². The van der Waals surface area contributed by atoms with Gasteiger partial charge in [-0.3, -0.25) is 14.5 Å². The fraction of sp³-hybridized carbons (Fsp3) is 0.364. The first kappa shape index (κ1) is 21.7. The van der Waals surface area contributed by atoms with E-state index >= 15 is 0 Å². The second-order valence-electron chi connectivity index (χ2n) is 8.35.